The molecule has 2 rings (SSSR count). The lowest BCUT2D eigenvalue weighted by molar-refractivity contribution is 0.102. The minimum atomic E-state index is -0.783. The topological polar surface area (TPSA) is 76.4 Å². The van der Waals surface area contributed by atoms with Crippen molar-refractivity contribution in [1.82, 2.24) is 9.78 Å². The lowest BCUT2D eigenvalue weighted by Gasteiger charge is -2.04. The van der Waals surface area contributed by atoms with E-state index in [0.29, 0.717) is 18.8 Å². The second-order valence-corrected chi connectivity index (χ2v) is 4.10. The summed E-state index contributed by atoms with van der Waals surface area (Å²) >= 11 is 0. The van der Waals surface area contributed by atoms with Gasteiger partial charge in [-0.2, -0.15) is 5.10 Å². The van der Waals surface area contributed by atoms with Crippen LogP contribution in [-0.2, 0) is 11.3 Å². The van der Waals surface area contributed by atoms with Crippen LogP contribution in [-0.4, -0.2) is 34.5 Å². The summed E-state index contributed by atoms with van der Waals surface area (Å²) < 4.78 is 20.0. The molecule has 20 heavy (non-hydrogen) atoms. The second-order valence-electron chi connectivity index (χ2n) is 4.10. The fraction of sp³-hybridized carbons (Fsp3) is 0.231. The molecule has 0 aliphatic heterocycles. The third kappa shape index (κ3) is 3.33. The molecule has 6 nitrogen and oxygen atoms in total. The van der Waals surface area contributed by atoms with Gasteiger partial charge in [-0.3, -0.25) is 9.48 Å². The van der Waals surface area contributed by atoms with Gasteiger partial charge in [0, 0.05) is 19.4 Å². The largest absolute Gasteiger partial charge is 0.508 e. The number of phenolic OH excluding ortho intramolecular Hbond substituents is 1. The van der Waals surface area contributed by atoms with Crippen molar-refractivity contribution in [2.24, 2.45) is 0 Å². The van der Waals surface area contributed by atoms with Gasteiger partial charge in [0.05, 0.1) is 30.6 Å². The van der Waals surface area contributed by atoms with Crippen LogP contribution >= 0.6 is 0 Å². The average Bonchev–Trinajstić information content (AvgIpc) is 2.83. The summed E-state index contributed by atoms with van der Waals surface area (Å²) in [4.78, 5) is 11.9. The predicted molar refractivity (Wildman–Crippen MR) is 70.1 cm³/mol. The molecule has 1 amide bonds. The summed E-state index contributed by atoms with van der Waals surface area (Å²) in [7, 11) is 1.58. The maximum Gasteiger partial charge on any atom is 0.258 e. The summed E-state index contributed by atoms with van der Waals surface area (Å²) in [5, 5.41) is 15.7. The van der Waals surface area contributed by atoms with Crippen molar-refractivity contribution < 1.29 is 19.0 Å². The number of rotatable bonds is 5. The van der Waals surface area contributed by atoms with E-state index in [1.54, 1.807) is 18.0 Å². The van der Waals surface area contributed by atoms with E-state index in [2.05, 4.69) is 10.4 Å². The number of amides is 1. The van der Waals surface area contributed by atoms with Gasteiger partial charge in [0.2, 0.25) is 0 Å². The van der Waals surface area contributed by atoms with Crippen molar-refractivity contribution in [3.05, 3.63) is 42.0 Å². The van der Waals surface area contributed by atoms with E-state index in [1.807, 2.05) is 0 Å². The molecule has 1 aromatic heterocycles. The molecule has 0 aliphatic rings. The van der Waals surface area contributed by atoms with E-state index < -0.39 is 11.7 Å². The Morgan fingerprint density at radius 2 is 2.35 bits per heavy atom. The van der Waals surface area contributed by atoms with Gasteiger partial charge in [-0.25, -0.2) is 4.39 Å². The van der Waals surface area contributed by atoms with Gasteiger partial charge in [-0.15, -0.1) is 0 Å². The molecule has 0 unspecified atom stereocenters. The Morgan fingerprint density at radius 3 is 3.05 bits per heavy atom. The molecule has 2 N–H and O–H groups in total. The van der Waals surface area contributed by atoms with Crippen molar-refractivity contribution in [3.8, 4) is 5.75 Å². The zero-order valence-electron chi connectivity index (χ0n) is 10.8. The fourth-order valence-electron chi connectivity index (χ4n) is 1.62. The summed E-state index contributed by atoms with van der Waals surface area (Å²) in [6.07, 6.45) is 3.08. The van der Waals surface area contributed by atoms with E-state index in [-0.39, 0.29) is 11.3 Å². The van der Waals surface area contributed by atoms with E-state index >= 15 is 0 Å². The van der Waals surface area contributed by atoms with E-state index in [1.165, 1.54) is 18.3 Å². The highest BCUT2D eigenvalue weighted by molar-refractivity contribution is 6.04. The van der Waals surface area contributed by atoms with Crippen LogP contribution in [0.5, 0.6) is 5.75 Å². The Bertz CT molecular complexity index is 613. The Kier molecular flexibility index (Phi) is 4.31. The number of anilines is 1. The first kappa shape index (κ1) is 14.0. The number of aromatic nitrogens is 2. The van der Waals surface area contributed by atoms with Gasteiger partial charge in [0.1, 0.15) is 11.6 Å². The third-order valence-corrected chi connectivity index (χ3v) is 2.61. The number of halogens is 1. The van der Waals surface area contributed by atoms with Gasteiger partial charge in [0.15, 0.2) is 0 Å². The summed E-state index contributed by atoms with van der Waals surface area (Å²) in [6.45, 7) is 1.06. The minimum absolute atomic E-state index is 0.146. The molecule has 0 spiro atoms. The smallest absolute Gasteiger partial charge is 0.258 e. The zero-order chi connectivity index (χ0) is 14.5. The van der Waals surface area contributed by atoms with E-state index in [9.17, 15) is 9.18 Å². The Hall–Kier alpha value is -2.41. The van der Waals surface area contributed by atoms with Crippen molar-refractivity contribution in [2.75, 3.05) is 19.0 Å². The molecule has 0 radical (unpaired) electrons. The van der Waals surface area contributed by atoms with Crippen LogP contribution in [0.2, 0.25) is 0 Å². The first-order chi connectivity index (χ1) is 9.60. The van der Waals surface area contributed by atoms with Gasteiger partial charge in [0.25, 0.3) is 5.91 Å². The molecule has 7 heteroatoms. The number of carbonyl (C=O) groups is 1. The molecule has 0 aliphatic carbocycles. The average molecular weight is 279 g/mol. The molecular formula is C13H14FN3O3. The van der Waals surface area contributed by atoms with Crippen molar-refractivity contribution in [3.63, 3.8) is 0 Å². The number of ether oxygens (including phenoxy) is 1. The molecule has 0 fully saturated rings. The first-order valence-electron chi connectivity index (χ1n) is 5.91. The number of nitrogens with one attached hydrogen (secondary N) is 1. The van der Waals surface area contributed by atoms with Gasteiger partial charge < -0.3 is 15.2 Å². The lowest BCUT2D eigenvalue weighted by atomic mass is 10.2. The number of hydrogen-bond acceptors (Lipinski definition) is 4. The summed E-state index contributed by atoms with van der Waals surface area (Å²) in [5.74, 6) is -1.62. The molecule has 0 saturated heterocycles. The number of benzene rings is 1. The van der Waals surface area contributed by atoms with Crippen molar-refractivity contribution in [2.45, 2.75) is 6.54 Å². The van der Waals surface area contributed by atoms with Gasteiger partial charge in [-0.05, 0) is 12.1 Å². The summed E-state index contributed by atoms with van der Waals surface area (Å²) in [6, 6.07) is 3.35. The van der Waals surface area contributed by atoms with Crippen LogP contribution in [0.1, 0.15) is 10.4 Å². The molecular weight excluding hydrogens is 265 g/mol. The number of aromatic hydroxyl groups is 1. The van der Waals surface area contributed by atoms with E-state index in [4.69, 9.17) is 9.84 Å². The SMILES string of the molecule is COCCn1cc(NC(=O)c2ccc(O)cc2F)cn1. The Balaban J connectivity index is 2.05. The van der Waals surface area contributed by atoms with Crippen molar-refractivity contribution in [1.29, 1.82) is 0 Å². The predicted octanol–water partition coefficient (Wildman–Crippen LogP) is 1.63. The van der Waals surface area contributed by atoms with Crippen LogP contribution in [0.15, 0.2) is 30.6 Å². The normalized spacial score (nSPS) is 10.5. The summed E-state index contributed by atoms with van der Waals surface area (Å²) in [5.41, 5.74) is 0.311. The highest BCUT2D eigenvalue weighted by Gasteiger charge is 2.13. The lowest BCUT2D eigenvalue weighted by Crippen LogP contribution is -2.13. The number of nitrogens with zero attached hydrogens (tertiary/aromatic N) is 2. The highest BCUT2D eigenvalue weighted by atomic mass is 19.1. The van der Waals surface area contributed by atoms with Gasteiger partial charge in [-0.1, -0.05) is 0 Å². The molecule has 2 aromatic rings. The zero-order valence-corrected chi connectivity index (χ0v) is 10.8. The first-order valence-corrected chi connectivity index (χ1v) is 5.91. The highest BCUT2D eigenvalue weighted by Crippen LogP contribution is 2.16. The standard InChI is InChI=1S/C13H14FN3O3/c1-20-5-4-17-8-9(7-15-17)16-13(19)11-3-2-10(18)6-12(11)14/h2-3,6-8,18H,4-5H2,1H3,(H,16,19). The third-order valence-electron chi connectivity index (χ3n) is 2.61. The van der Waals surface area contributed by atoms with Crippen LogP contribution < -0.4 is 5.32 Å². The maximum atomic E-state index is 13.5. The van der Waals surface area contributed by atoms with Crippen LogP contribution in [0.25, 0.3) is 0 Å². The second kappa shape index (κ2) is 6.16. The van der Waals surface area contributed by atoms with Gasteiger partial charge >= 0.3 is 0 Å². The van der Waals surface area contributed by atoms with Crippen molar-refractivity contribution >= 4 is 11.6 Å². The molecule has 0 saturated carbocycles. The number of methoxy groups -OCH3 is 1. The minimum Gasteiger partial charge on any atom is -0.508 e. The Labute approximate surface area is 114 Å². The Morgan fingerprint density at radius 1 is 1.55 bits per heavy atom. The quantitative estimate of drug-likeness (QED) is 0.872. The fourth-order valence-corrected chi connectivity index (χ4v) is 1.62. The number of carbonyl (C=O) groups excluding carboxylic acids is 1. The molecule has 106 valence electrons. The molecule has 0 atom stereocenters. The monoisotopic (exact) mass is 279 g/mol. The molecule has 1 heterocycles. The maximum absolute atomic E-state index is 13.5. The van der Waals surface area contributed by atoms with Crippen LogP contribution in [0.4, 0.5) is 10.1 Å². The molecule has 1 aromatic carbocycles. The molecule has 0 bridgehead atoms. The van der Waals surface area contributed by atoms with Crippen LogP contribution in [0, 0.1) is 5.82 Å². The van der Waals surface area contributed by atoms with E-state index in [0.717, 1.165) is 6.07 Å². The van der Waals surface area contributed by atoms with Crippen LogP contribution in [0.3, 0.4) is 0 Å². The number of hydrogen-bond donors (Lipinski definition) is 2. The number of phenols is 1.